The van der Waals surface area contributed by atoms with Crippen molar-refractivity contribution in [2.75, 3.05) is 5.32 Å². The molecule has 2 aromatic rings. The standard InChI is InChI=1S/C13H16N2OS/c1-8-4-5-11(6-12(8)16)14-7-13-9(2)15-10(3)17-13/h4-6,14,16H,7H2,1-3H3. The number of benzene rings is 1. The van der Waals surface area contributed by atoms with Crippen LogP contribution in [0.25, 0.3) is 0 Å². The minimum atomic E-state index is 0.326. The molecule has 0 aliphatic rings. The third kappa shape index (κ3) is 2.77. The normalized spacial score (nSPS) is 10.5. The Morgan fingerprint density at radius 3 is 2.65 bits per heavy atom. The fourth-order valence-corrected chi connectivity index (χ4v) is 2.52. The number of aryl methyl sites for hydroxylation is 3. The second-order valence-corrected chi connectivity index (χ2v) is 5.38. The van der Waals surface area contributed by atoms with Gasteiger partial charge in [0.1, 0.15) is 5.75 Å². The molecule has 3 nitrogen and oxygen atoms in total. The Bertz CT molecular complexity index is 534. The van der Waals surface area contributed by atoms with Gasteiger partial charge in [-0.1, -0.05) is 6.07 Å². The van der Waals surface area contributed by atoms with E-state index in [1.54, 1.807) is 17.4 Å². The number of anilines is 1. The van der Waals surface area contributed by atoms with Crippen molar-refractivity contribution in [1.29, 1.82) is 0 Å². The van der Waals surface area contributed by atoms with Crippen molar-refractivity contribution in [2.45, 2.75) is 27.3 Å². The summed E-state index contributed by atoms with van der Waals surface area (Å²) in [4.78, 5) is 5.62. The highest BCUT2D eigenvalue weighted by Crippen LogP contribution is 2.23. The second-order valence-electron chi connectivity index (χ2n) is 4.10. The summed E-state index contributed by atoms with van der Waals surface area (Å²) in [6, 6.07) is 5.62. The van der Waals surface area contributed by atoms with Crippen LogP contribution in [0.2, 0.25) is 0 Å². The van der Waals surface area contributed by atoms with Crippen LogP contribution >= 0.6 is 11.3 Å². The molecule has 0 atom stereocenters. The van der Waals surface area contributed by atoms with Crippen LogP contribution in [0.3, 0.4) is 0 Å². The zero-order valence-corrected chi connectivity index (χ0v) is 11.1. The molecule has 0 saturated carbocycles. The monoisotopic (exact) mass is 248 g/mol. The van der Waals surface area contributed by atoms with E-state index < -0.39 is 0 Å². The van der Waals surface area contributed by atoms with Gasteiger partial charge in [0.2, 0.25) is 0 Å². The third-order valence-corrected chi connectivity index (χ3v) is 3.73. The summed E-state index contributed by atoms with van der Waals surface area (Å²) in [6.07, 6.45) is 0. The SMILES string of the molecule is Cc1nc(C)c(CNc2ccc(C)c(O)c2)s1. The van der Waals surface area contributed by atoms with Gasteiger partial charge in [-0.05, 0) is 32.4 Å². The molecule has 0 aliphatic carbocycles. The lowest BCUT2D eigenvalue weighted by Crippen LogP contribution is -1.98. The number of nitrogens with zero attached hydrogens (tertiary/aromatic N) is 1. The quantitative estimate of drug-likeness (QED) is 0.875. The molecule has 1 aromatic heterocycles. The second kappa shape index (κ2) is 4.75. The van der Waals surface area contributed by atoms with Crippen molar-refractivity contribution >= 4 is 17.0 Å². The maximum absolute atomic E-state index is 9.61. The molecule has 2 rings (SSSR count). The van der Waals surface area contributed by atoms with Crippen LogP contribution in [-0.4, -0.2) is 10.1 Å². The Hall–Kier alpha value is -1.55. The number of phenols is 1. The lowest BCUT2D eigenvalue weighted by atomic mass is 10.2. The Morgan fingerprint density at radius 2 is 2.06 bits per heavy atom. The van der Waals surface area contributed by atoms with Gasteiger partial charge in [0.15, 0.2) is 0 Å². The van der Waals surface area contributed by atoms with E-state index >= 15 is 0 Å². The number of phenolic OH excluding ortho intramolecular Hbond substituents is 1. The van der Waals surface area contributed by atoms with Crippen LogP contribution in [0.15, 0.2) is 18.2 Å². The van der Waals surface area contributed by atoms with E-state index in [1.165, 1.54) is 4.88 Å². The molecule has 0 spiro atoms. The van der Waals surface area contributed by atoms with Crippen LogP contribution in [0.5, 0.6) is 5.75 Å². The first kappa shape index (κ1) is 11.9. The van der Waals surface area contributed by atoms with E-state index in [0.29, 0.717) is 5.75 Å². The lowest BCUT2D eigenvalue weighted by molar-refractivity contribution is 0.471. The fraction of sp³-hybridized carbons (Fsp3) is 0.308. The van der Waals surface area contributed by atoms with E-state index in [1.807, 2.05) is 32.9 Å². The molecule has 17 heavy (non-hydrogen) atoms. The zero-order valence-electron chi connectivity index (χ0n) is 10.2. The summed E-state index contributed by atoms with van der Waals surface area (Å²) in [7, 11) is 0. The minimum absolute atomic E-state index is 0.326. The van der Waals surface area contributed by atoms with Gasteiger partial charge in [0.05, 0.1) is 17.2 Å². The van der Waals surface area contributed by atoms with Crippen molar-refractivity contribution in [2.24, 2.45) is 0 Å². The van der Waals surface area contributed by atoms with Crippen molar-refractivity contribution in [1.82, 2.24) is 4.98 Å². The number of hydrogen-bond donors (Lipinski definition) is 2. The highest BCUT2D eigenvalue weighted by Gasteiger charge is 2.04. The molecule has 1 heterocycles. The summed E-state index contributed by atoms with van der Waals surface area (Å²) in [5, 5.41) is 14.0. The molecule has 0 radical (unpaired) electrons. The van der Waals surface area contributed by atoms with Crippen LogP contribution in [0, 0.1) is 20.8 Å². The van der Waals surface area contributed by atoms with Crippen molar-refractivity contribution < 1.29 is 5.11 Å². The van der Waals surface area contributed by atoms with Crippen LogP contribution in [0.1, 0.15) is 21.1 Å². The largest absolute Gasteiger partial charge is 0.508 e. The Morgan fingerprint density at radius 1 is 1.29 bits per heavy atom. The molecule has 0 saturated heterocycles. The average Bonchev–Trinajstić information content (AvgIpc) is 2.59. The van der Waals surface area contributed by atoms with Gasteiger partial charge in [0.25, 0.3) is 0 Å². The highest BCUT2D eigenvalue weighted by molar-refractivity contribution is 7.11. The van der Waals surface area contributed by atoms with Crippen LogP contribution in [-0.2, 0) is 6.54 Å². The first-order valence-electron chi connectivity index (χ1n) is 5.52. The Kier molecular flexibility index (Phi) is 3.33. The summed E-state index contributed by atoms with van der Waals surface area (Å²) in [6.45, 7) is 6.67. The van der Waals surface area contributed by atoms with Gasteiger partial charge < -0.3 is 10.4 Å². The topological polar surface area (TPSA) is 45.2 Å². The summed E-state index contributed by atoms with van der Waals surface area (Å²) >= 11 is 1.70. The molecule has 0 fully saturated rings. The first-order valence-corrected chi connectivity index (χ1v) is 6.34. The number of aromatic hydroxyl groups is 1. The van der Waals surface area contributed by atoms with E-state index in [4.69, 9.17) is 0 Å². The van der Waals surface area contributed by atoms with Crippen molar-refractivity contribution in [3.63, 3.8) is 0 Å². The van der Waals surface area contributed by atoms with Crippen LogP contribution in [0.4, 0.5) is 5.69 Å². The van der Waals surface area contributed by atoms with Crippen molar-refractivity contribution in [3.05, 3.63) is 39.3 Å². The van der Waals surface area contributed by atoms with E-state index in [9.17, 15) is 5.11 Å². The smallest absolute Gasteiger partial charge is 0.120 e. The van der Waals surface area contributed by atoms with Crippen LogP contribution < -0.4 is 5.32 Å². The van der Waals surface area contributed by atoms with Gasteiger partial charge in [-0.25, -0.2) is 4.98 Å². The summed E-state index contributed by atoms with van der Waals surface area (Å²) in [5.74, 6) is 0.326. The van der Waals surface area contributed by atoms with Gasteiger partial charge in [-0.3, -0.25) is 0 Å². The Balaban J connectivity index is 2.07. The maximum atomic E-state index is 9.61. The lowest BCUT2D eigenvalue weighted by Gasteiger charge is -2.07. The Labute approximate surface area is 105 Å². The van der Waals surface area contributed by atoms with Gasteiger partial charge in [0, 0.05) is 16.6 Å². The molecule has 1 aromatic carbocycles. The fourth-order valence-electron chi connectivity index (χ4n) is 1.64. The summed E-state index contributed by atoms with van der Waals surface area (Å²) < 4.78 is 0. The molecular formula is C13H16N2OS. The molecule has 0 amide bonds. The molecule has 0 unspecified atom stereocenters. The predicted octanol–water partition coefficient (Wildman–Crippen LogP) is 3.39. The molecule has 0 aliphatic heterocycles. The molecule has 4 heteroatoms. The number of nitrogens with one attached hydrogen (secondary N) is 1. The van der Waals surface area contributed by atoms with E-state index in [0.717, 1.165) is 28.5 Å². The number of rotatable bonds is 3. The zero-order chi connectivity index (χ0) is 12.4. The number of aromatic nitrogens is 1. The summed E-state index contributed by atoms with van der Waals surface area (Å²) in [5.41, 5.74) is 2.90. The number of thiazole rings is 1. The third-order valence-electron chi connectivity index (χ3n) is 2.66. The molecule has 90 valence electrons. The predicted molar refractivity (Wildman–Crippen MR) is 71.8 cm³/mol. The van der Waals surface area contributed by atoms with Gasteiger partial charge >= 0.3 is 0 Å². The molecular weight excluding hydrogens is 232 g/mol. The molecule has 2 N–H and O–H groups in total. The average molecular weight is 248 g/mol. The maximum Gasteiger partial charge on any atom is 0.120 e. The number of hydrogen-bond acceptors (Lipinski definition) is 4. The van der Waals surface area contributed by atoms with Gasteiger partial charge in [-0.15, -0.1) is 11.3 Å². The van der Waals surface area contributed by atoms with E-state index in [-0.39, 0.29) is 0 Å². The molecule has 0 bridgehead atoms. The minimum Gasteiger partial charge on any atom is -0.508 e. The van der Waals surface area contributed by atoms with Crippen molar-refractivity contribution in [3.8, 4) is 5.75 Å². The first-order chi connectivity index (χ1) is 8.06. The van der Waals surface area contributed by atoms with Gasteiger partial charge in [-0.2, -0.15) is 0 Å². The highest BCUT2D eigenvalue weighted by atomic mass is 32.1. The van der Waals surface area contributed by atoms with E-state index in [2.05, 4.69) is 10.3 Å².